The summed E-state index contributed by atoms with van der Waals surface area (Å²) in [7, 11) is 0. The molecule has 1 aromatic carbocycles. The van der Waals surface area contributed by atoms with Gasteiger partial charge in [-0.05, 0) is 39.8 Å². The molecule has 0 amide bonds. The second kappa shape index (κ2) is 11.5. The quantitative estimate of drug-likeness (QED) is 0.324. The average molecular weight is 418 g/mol. The van der Waals surface area contributed by atoms with Gasteiger partial charge in [-0.1, -0.05) is 25.3 Å². The van der Waals surface area contributed by atoms with Crippen LogP contribution in [0.1, 0.15) is 48.4 Å². The van der Waals surface area contributed by atoms with Gasteiger partial charge in [-0.2, -0.15) is 0 Å². The maximum absolute atomic E-state index is 12.5. The second-order valence-electron chi connectivity index (χ2n) is 6.74. The van der Waals surface area contributed by atoms with Crippen molar-refractivity contribution in [2.45, 2.75) is 39.9 Å². The predicted molar refractivity (Wildman–Crippen MR) is 108 cm³/mol. The summed E-state index contributed by atoms with van der Waals surface area (Å²) in [5.74, 6) is -2.74. The highest BCUT2D eigenvalue weighted by Gasteiger charge is 2.23. The first-order valence-electron chi connectivity index (χ1n) is 9.19. The largest absolute Gasteiger partial charge is 0.458 e. The fraction of sp³-hybridized carbons (Fsp3) is 0.364. The number of rotatable bonds is 10. The molecule has 0 spiro atoms. The van der Waals surface area contributed by atoms with Gasteiger partial charge in [-0.25, -0.2) is 19.2 Å². The maximum Gasteiger partial charge on any atom is 0.339 e. The first-order chi connectivity index (χ1) is 14.0. The van der Waals surface area contributed by atoms with Crippen LogP contribution in [0.3, 0.4) is 0 Å². The molecule has 30 heavy (non-hydrogen) atoms. The molecule has 8 nitrogen and oxygen atoms in total. The van der Waals surface area contributed by atoms with Crippen molar-refractivity contribution < 1.29 is 38.1 Å². The highest BCUT2D eigenvalue weighted by atomic mass is 16.6. The third kappa shape index (κ3) is 7.90. The lowest BCUT2D eigenvalue weighted by molar-refractivity contribution is -0.142. The molecule has 2 unspecified atom stereocenters. The van der Waals surface area contributed by atoms with E-state index in [2.05, 4.69) is 13.2 Å². The molecule has 8 heteroatoms. The third-order valence-corrected chi connectivity index (χ3v) is 3.58. The molecule has 0 aliphatic carbocycles. The molecule has 0 aromatic heterocycles. The van der Waals surface area contributed by atoms with Crippen molar-refractivity contribution in [3.63, 3.8) is 0 Å². The summed E-state index contributed by atoms with van der Waals surface area (Å²) < 4.78 is 20.4. The Morgan fingerprint density at radius 3 is 1.40 bits per heavy atom. The zero-order chi connectivity index (χ0) is 22.8. The van der Waals surface area contributed by atoms with Gasteiger partial charge in [0.05, 0.1) is 11.1 Å². The zero-order valence-corrected chi connectivity index (χ0v) is 17.6. The van der Waals surface area contributed by atoms with E-state index in [-0.39, 0.29) is 35.5 Å². The second-order valence-corrected chi connectivity index (χ2v) is 6.74. The first kappa shape index (κ1) is 24.6. The minimum atomic E-state index is -0.775. The number of hydrogen-bond acceptors (Lipinski definition) is 8. The molecule has 0 radical (unpaired) electrons. The highest BCUT2D eigenvalue weighted by Crippen LogP contribution is 2.14. The minimum absolute atomic E-state index is 0.00768. The van der Waals surface area contributed by atoms with Gasteiger partial charge in [0, 0.05) is 11.1 Å². The summed E-state index contributed by atoms with van der Waals surface area (Å²) in [6, 6.07) is 5.96. The maximum atomic E-state index is 12.5. The van der Waals surface area contributed by atoms with Crippen LogP contribution in [0.15, 0.2) is 48.6 Å². The van der Waals surface area contributed by atoms with E-state index in [0.29, 0.717) is 0 Å². The molecular weight excluding hydrogens is 392 g/mol. The molecule has 0 fully saturated rings. The third-order valence-electron chi connectivity index (χ3n) is 3.58. The van der Waals surface area contributed by atoms with E-state index in [4.69, 9.17) is 18.9 Å². The van der Waals surface area contributed by atoms with Crippen molar-refractivity contribution in [2.24, 2.45) is 0 Å². The Labute approximate surface area is 175 Å². The van der Waals surface area contributed by atoms with Crippen molar-refractivity contribution in [2.75, 3.05) is 13.2 Å². The summed E-state index contributed by atoms with van der Waals surface area (Å²) in [6.45, 7) is 12.7. The lowest BCUT2D eigenvalue weighted by atomic mass is 10.1. The number of carbonyl (C=O) groups excluding carboxylic acids is 4. The highest BCUT2D eigenvalue weighted by molar-refractivity contribution is 6.03. The van der Waals surface area contributed by atoms with Gasteiger partial charge in [-0.15, -0.1) is 0 Å². The molecule has 0 bridgehead atoms. The van der Waals surface area contributed by atoms with Crippen molar-refractivity contribution in [1.82, 2.24) is 0 Å². The number of hydrogen-bond donors (Lipinski definition) is 0. The Hall–Kier alpha value is -3.42. The van der Waals surface area contributed by atoms with Crippen LogP contribution in [0.2, 0.25) is 0 Å². The van der Waals surface area contributed by atoms with E-state index in [1.807, 2.05) is 0 Å². The van der Waals surface area contributed by atoms with Gasteiger partial charge in [0.15, 0.2) is 0 Å². The van der Waals surface area contributed by atoms with Crippen LogP contribution in [0.4, 0.5) is 0 Å². The Balaban J connectivity index is 2.73. The molecule has 0 saturated heterocycles. The monoisotopic (exact) mass is 418 g/mol. The molecule has 1 aromatic rings. The summed E-state index contributed by atoms with van der Waals surface area (Å²) in [5, 5.41) is 0. The van der Waals surface area contributed by atoms with E-state index >= 15 is 0 Å². The fourth-order valence-corrected chi connectivity index (χ4v) is 2.03. The van der Waals surface area contributed by atoms with Crippen molar-refractivity contribution >= 4 is 23.9 Å². The average Bonchev–Trinajstić information content (AvgIpc) is 2.69. The molecule has 0 aliphatic rings. The van der Waals surface area contributed by atoms with Gasteiger partial charge >= 0.3 is 23.9 Å². The van der Waals surface area contributed by atoms with Crippen molar-refractivity contribution in [3.05, 3.63) is 59.7 Å². The molecular formula is C22H26O8. The standard InChI is InChI=1S/C22H26O8/c1-13(2)19(23)27-11-15(5)29-21(25)17-9-7-8-10-18(17)22(26)30-16(6)12-28-20(24)14(3)4/h7-10,15-16H,1,3,11-12H2,2,4-6H3. The van der Waals surface area contributed by atoms with Crippen LogP contribution >= 0.6 is 0 Å². The summed E-state index contributed by atoms with van der Waals surface area (Å²) in [5.41, 5.74) is 0.438. The van der Waals surface area contributed by atoms with E-state index < -0.39 is 36.1 Å². The SMILES string of the molecule is C=C(C)C(=O)OCC(C)OC(=O)c1ccccc1C(=O)OC(C)COC(=O)C(=C)C. The molecule has 0 N–H and O–H groups in total. The lowest BCUT2D eigenvalue weighted by Crippen LogP contribution is -2.26. The molecule has 0 saturated carbocycles. The van der Waals surface area contributed by atoms with Gasteiger partial charge in [0.2, 0.25) is 0 Å². The summed E-state index contributed by atoms with van der Waals surface area (Å²) in [6.07, 6.45) is -1.49. The Bertz CT molecular complexity index is 770. The topological polar surface area (TPSA) is 105 Å². The molecule has 1 rings (SSSR count). The van der Waals surface area contributed by atoms with E-state index in [1.165, 1.54) is 26.0 Å². The van der Waals surface area contributed by atoms with Crippen LogP contribution < -0.4 is 0 Å². The normalized spacial score (nSPS) is 12.1. The summed E-state index contributed by atoms with van der Waals surface area (Å²) >= 11 is 0. The molecule has 162 valence electrons. The Morgan fingerprint density at radius 1 is 0.767 bits per heavy atom. The van der Waals surface area contributed by atoms with E-state index in [9.17, 15) is 19.2 Å². The minimum Gasteiger partial charge on any atom is -0.458 e. The first-order valence-corrected chi connectivity index (χ1v) is 9.19. The number of carbonyl (C=O) groups is 4. The molecule has 0 aliphatic heterocycles. The molecule has 2 atom stereocenters. The zero-order valence-electron chi connectivity index (χ0n) is 17.6. The van der Waals surface area contributed by atoms with Crippen molar-refractivity contribution in [1.29, 1.82) is 0 Å². The van der Waals surface area contributed by atoms with E-state index in [1.54, 1.807) is 26.0 Å². The lowest BCUT2D eigenvalue weighted by Gasteiger charge is -2.16. The van der Waals surface area contributed by atoms with Gasteiger partial charge in [-0.3, -0.25) is 0 Å². The number of esters is 4. The van der Waals surface area contributed by atoms with Crippen LogP contribution in [0.25, 0.3) is 0 Å². The molecule has 0 heterocycles. The van der Waals surface area contributed by atoms with Crippen LogP contribution in [0.5, 0.6) is 0 Å². The van der Waals surface area contributed by atoms with Crippen LogP contribution in [-0.2, 0) is 28.5 Å². The van der Waals surface area contributed by atoms with Gasteiger partial charge in [0.1, 0.15) is 25.4 Å². The predicted octanol–water partition coefficient (Wildman–Crippen LogP) is 3.02. The van der Waals surface area contributed by atoms with Gasteiger partial charge < -0.3 is 18.9 Å². The van der Waals surface area contributed by atoms with Gasteiger partial charge in [0.25, 0.3) is 0 Å². The smallest absolute Gasteiger partial charge is 0.339 e. The van der Waals surface area contributed by atoms with Crippen LogP contribution in [-0.4, -0.2) is 49.3 Å². The Morgan fingerprint density at radius 2 is 1.10 bits per heavy atom. The van der Waals surface area contributed by atoms with Crippen molar-refractivity contribution in [3.8, 4) is 0 Å². The number of ether oxygens (including phenoxy) is 4. The van der Waals surface area contributed by atoms with E-state index in [0.717, 1.165) is 0 Å². The summed E-state index contributed by atoms with van der Waals surface area (Å²) in [4.78, 5) is 47.8. The van der Waals surface area contributed by atoms with Crippen LogP contribution in [0, 0.1) is 0 Å². The fourth-order valence-electron chi connectivity index (χ4n) is 2.03. The number of benzene rings is 1. The Kier molecular flexibility index (Phi) is 9.48.